The molecule has 1 aliphatic rings. The van der Waals surface area contributed by atoms with Gasteiger partial charge in [-0.2, -0.15) is 0 Å². The van der Waals surface area contributed by atoms with Gasteiger partial charge in [0.05, 0.1) is 12.5 Å². The molecule has 0 radical (unpaired) electrons. The van der Waals surface area contributed by atoms with Gasteiger partial charge in [0.1, 0.15) is 0 Å². The van der Waals surface area contributed by atoms with Crippen LogP contribution >= 0.6 is 11.6 Å². The zero-order valence-corrected chi connectivity index (χ0v) is 11.7. The van der Waals surface area contributed by atoms with Crippen LogP contribution in [0.15, 0.2) is 18.2 Å². The topological polar surface area (TPSA) is 46.6 Å². The van der Waals surface area contributed by atoms with Crippen LogP contribution in [0.3, 0.4) is 0 Å². The lowest BCUT2D eigenvalue weighted by atomic mass is 10.1. The molecular formula is C14H16ClNO3. The molecule has 1 aliphatic heterocycles. The summed E-state index contributed by atoms with van der Waals surface area (Å²) in [6, 6.07) is 5.36. The lowest BCUT2D eigenvalue weighted by Crippen LogP contribution is -2.27. The normalized spacial score (nSPS) is 18.8. The number of carbonyl (C=O) groups excluding carboxylic acids is 2. The second-order valence-corrected chi connectivity index (χ2v) is 5.02. The molecule has 0 bridgehead atoms. The summed E-state index contributed by atoms with van der Waals surface area (Å²) in [4.78, 5) is 25.3. The summed E-state index contributed by atoms with van der Waals surface area (Å²) in [6.07, 6.45) is 0.209. The molecule has 0 N–H and O–H groups in total. The fraction of sp³-hybridized carbons (Fsp3) is 0.429. The molecule has 0 unspecified atom stereocenters. The number of hydrogen-bond donors (Lipinski definition) is 0. The molecular weight excluding hydrogens is 266 g/mol. The average Bonchev–Trinajstić information content (AvgIpc) is 2.72. The Bertz CT molecular complexity index is 515. The molecule has 4 nitrogen and oxygen atoms in total. The molecule has 5 heteroatoms. The summed E-state index contributed by atoms with van der Waals surface area (Å²) in [7, 11) is 0. The predicted molar refractivity (Wildman–Crippen MR) is 73.3 cm³/mol. The fourth-order valence-electron chi connectivity index (χ4n) is 2.28. The largest absolute Gasteiger partial charge is 0.466 e. The molecule has 2 rings (SSSR count). The zero-order chi connectivity index (χ0) is 14.0. The van der Waals surface area contributed by atoms with Crippen LogP contribution < -0.4 is 4.90 Å². The molecule has 1 aromatic carbocycles. The standard InChI is InChI=1S/C14H16ClNO3/c1-3-19-14(18)10-7-13(17)16(8-10)12-5-4-11(15)6-9(12)2/h4-6,10H,3,7-8H2,1-2H3/t10-/m0/s1. The van der Waals surface area contributed by atoms with Crippen molar-refractivity contribution in [3.8, 4) is 0 Å². The van der Waals surface area contributed by atoms with E-state index in [4.69, 9.17) is 16.3 Å². The number of halogens is 1. The number of anilines is 1. The van der Waals surface area contributed by atoms with E-state index in [2.05, 4.69) is 0 Å². The highest BCUT2D eigenvalue weighted by molar-refractivity contribution is 6.30. The maximum atomic E-state index is 12.0. The van der Waals surface area contributed by atoms with Gasteiger partial charge >= 0.3 is 5.97 Å². The fourth-order valence-corrected chi connectivity index (χ4v) is 2.51. The van der Waals surface area contributed by atoms with Gasteiger partial charge in [0.25, 0.3) is 0 Å². The first-order valence-corrected chi connectivity index (χ1v) is 6.64. The van der Waals surface area contributed by atoms with E-state index in [0.29, 0.717) is 18.2 Å². The number of amides is 1. The Kier molecular flexibility index (Phi) is 4.10. The van der Waals surface area contributed by atoms with Gasteiger partial charge in [-0.1, -0.05) is 11.6 Å². The molecule has 0 saturated carbocycles. The first-order valence-electron chi connectivity index (χ1n) is 6.26. The number of benzene rings is 1. The van der Waals surface area contributed by atoms with Crippen molar-refractivity contribution in [2.75, 3.05) is 18.1 Å². The van der Waals surface area contributed by atoms with Crippen LogP contribution in [0, 0.1) is 12.8 Å². The summed E-state index contributed by atoms with van der Waals surface area (Å²) in [6.45, 7) is 4.37. The molecule has 1 aromatic rings. The Balaban J connectivity index is 2.18. The second kappa shape index (κ2) is 5.61. The minimum atomic E-state index is -0.373. The van der Waals surface area contributed by atoms with Crippen molar-refractivity contribution >= 4 is 29.2 Å². The van der Waals surface area contributed by atoms with Crippen LogP contribution in [0.5, 0.6) is 0 Å². The van der Waals surface area contributed by atoms with E-state index >= 15 is 0 Å². The van der Waals surface area contributed by atoms with Gasteiger partial charge in [0.2, 0.25) is 5.91 Å². The van der Waals surface area contributed by atoms with Gasteiger partial charge in [-0.25, -0.2) is 0 Å². The molecule has 1 fully saturated rings. The van der Waals surface area contributed by atoms with Crippen molar-refractivity contribution in [3.63, 3.8) is 0 Å². The van der Waals surface area contributed by atoms with Gasteiger partial charge in [-0.05, 0) is 37.6 Å². The van der Waals surface area contributed by atoms with E-state index in [1.165, 1.54) is 0 Å². The Morgan fingerprint density at radius 1 is 1.53 bits per heavy atom. The average molecular weight is 282 g/mol. The summed E-state index contributed by atoms with van der Waals surface area (Å²) in [5, 5.41) is 0.634. The highest BCUT2D eigenvalue weighted by Gasteiger charge is 2.36. The van der Waals surface area contributed by atoms with Gasteiger partial charge in [0, 0.05) is 23.7 Å². The molecule has 1 amide bonds. The van der Waals surface area contributed by atoms with Crippen molar-refractivity contribution < 1.29 is 14.3 Å². The first kappa shape index (κ1) is 13.9. The Morgan fingerprint density at radius 2 is 2.26 bits per heavy atom. The molecule has 1 heterocycles. The molecule has 1 saturated heterocycles. The summed E-state index contributed by atoms with van der Waals surface area (Å²) < 4.78 is 4.97. The van der Waals surface area contributed by atoms with E-state index in [0.717, 1.165) is 11.3 Å². The number of esters is 1. The van der Waals surface area contributed by atoms with Crippen LogP contribution in [0.2, 0.25) is 5.02 Å². The zero-order valence-electron chi connectivity index (χ0n) is 11.0. The van der Waals surface area contributed by atoms with Crippen LogP contribution in [0.4, 0.5) is 5.69 Å². The van der Waals surface area contributed by atoms with E-state index in [-0.39, 0.29) is 24.2 Å². The van der Waals surface area contributed by atoms with Gasteiger partial charge < -0.3 is 9.64 Å². The monoisotopic (exact) mass is 281 g/mol. The number of ether oxygens (including phenoxy) is 1. The van der Waals surface area contributed by atoms with Crippen LogP contribution in [0.1, 0.15) is 18.9 Å². The van der Waals surface area contributed by atoms with E-state index in [1.54, 1.807) is 17.9 Å². The number of aryl methyl sites for hydroxylation is 1. The number of hydrogen-bond acceptors (Lipinski definition) is 3. The predicted octanol–water partition coefficient (Wildman–Crippen LogP) is 2.56. The van der Waals surface area contributed by atoms with Gasteiger partial charge in [-0.3, -0.25) is 9.59 Å². The van der Waals surface area contributed by atoms with Crippen LogP contribution in [-0.4, -0.2) is 25.0 Å². The van der Waals surface area contributed by atoms with Crippen molar-refractivity contribution in [2.45, 2.75) is 20.3 Å². The Morgan fingerprint density at radius 3 is 2.89 bits per heavy atom. The lowest BCUT2D eigenvalue weighted by Gasteiger charge is -2.19. The van der Waals surface area contributed by atoms with Crippen LogP contribution in [0.25, 0.3) is 0 Å². The highest BCUT2D eigenvalue weighted by Crippen LogP contribution is 2.30. The van der Waals surface area contributed by atoms with E-state index in [9.17, 15) is 9.59 Å². The van der Waals surface area contributed by atoms with E-state index in [1.807, 2.05) is 19.1 Å². The Labute approximate surface area is 117 Å². The molecule has 1 atom stereocenters. The quantitative estimate of drug-likeness (QED) is 0.800. The van der Waals surface area contributed by atoms with Crippen molar-refractivity contribution in [1.29, 1.82) is 0 Å². The molecule has 19 heavy (non-hydrogen) atoms. The summed E-state index contributed by atoms with van der Waals surface area (Å²) in [5.41, 5.74) is 1.73. The third-order valence-electron chi connectivity index (χ3n) is 3.19. The third-order valence-corrected chi connectivity index (χ3v) is 3.43. The number of rotatable bonds is 3. The molecule has 0 spiro atoms. The third kappa shape index (κ3) is 2.89. The van der Waals surface area contributed by atoms with Gasteiger partial charge in [-0.15, -0.1) is 0 Å². The second-order valence-electron chi connectivity index (χ2n) is 4.59. The number of nitrogens with zero attached hydrogens (tertiary/aromatic N) is 1. The number of carbonyl (C=O) groups is 2. The summed E-state index contributed by atoms with van der Waals surface area (Å²) in [5.74, 6) is -0.726. The van der Waals surface area contributed by atoms with Crippen LogP contribution in [-0.2, 0) is 14.3 Å². The van der Waals surface area contributed by atoms with Gasteiger partial charge in [0.15, 0.2) is 0 Å². The van der Waals surface area contributed by atoms with E-state index < -0.39 is 0 Å². The summed E-state index contributed by atoms with van der Waals surface area (Å²) >= 11 is 5.90. The van der Waals surface area contributed by atoms with Crippen molar-refractivity contribution in [2.24, 2.45) is 5.92 Å². The SMILES string of the molecule is CCOC(=O)[C@H]1CC(=O)N(c2ccc(Cl)cc2C)C1. The molecule has 0 aromatic heterocycles. The minimum absolute atomic E-state index is 0.0523. The van der Waals surface area contributed by atoms with Crippen molar-refractivity contribution in [3.05, 3.63) is 28.8 Å². The molecule has 102 valence electrons. The maximum absolute atomic E-state index is 12.0. The maximum Gasteiger partial charge on any atom is 0.311 e. The lowest BCUT2D eigenvalue weighted by molar-refractivity contribution is -0.147. The smallest absolute Gasteiger partial charge is 0.311 e. The van der Waals surface area contributed by atoms with Crippen molar-refractivity contribution in [1.82, 2.24) is 0 Å². The first-order chi connectivity index (χ1) is 9.02. The highest BCUT2D eigenvalue weighted by atomic mass is 35.5. The Hall–Kier alpha value is -1.55. The minimum Gasteiger partial charge on any atom is -0.466 e. The molecule has 0 aliphatic carbocycles.